The topological polar surface area (TPSA) is 26.0 Å². The molecule has 0 atom stereocenters. The lowest BCUT2D eigenvalue weighted by Crippen LogP contribution is -1.86. The summed E-state index contributed by atoms with van der Waals surface area (Å²) in [5.41, 5.74) is 4.23. The number of hydrogen-bond acceptors (Lipinski definition) is 2. The minimum atomic E-state index is 0.923. The maximum atomic E-state index is 6.01. The van der Waals surface area contributed by atoms with E-state index in [0.717, 1.165) is 21.9 Å². The van der Waals surface area contributed by atoms with E-state index in [1.165, 1.54) is 43.4 Å². The first kappa shape index (κ1) is 16.6. The lowest BCUT2D eigenvalue weighted by molar-refractivity contribution is 0.669. The fourth-order valence-electron chi connectivity index (χ4n) is 4.88. The third-order valence-corrected chi connectivity index (χ3v) is 6.35. The first-order valence-corrected chi connectivity index (χ1v) is 10.5. The van der Waals surface area contributed by atoms with Gasteiger partial charge in [-0.25, -0.2) is 0 Å². The average molecular weight is 395 g/mol. The summed E-state index contributed by atoms with van der Waals surface area (Å²) in [6.07, 6.45) is 3.86. The van der Waals surface area contributed by atoms with E-state index < -0.39 is 0 Å². The van der Waals surface area contributed by atoms with Gasteiger partial charge >= 0.3 is 0 Å². The van der Waals surface area contributed by atoms with E-state index in [0.29, 0.717) is 0 Å². The molecule has 0 aliphatic carbocycles. The van der Waals surface area contributed by atoms with Gasteiger partial charge in [-0.3, -0.25) is 4.98 Å². The van der Waals surface area contributed by atoms with Gasteiger partial charge in [-0.05, 0) is 68.4 Å². The molecule has 2 aromatic heterocycles. The lowest BCUT2D eigenvalue weighted by atomic mass is 9.92. The molecule has 0 amide bonds. The quantitative estimate of drug-likeness (QED) is 0.262. The molecule has 144 valence electrons. The van der Waals surface area contributed by atoms with E-state index >= 15 is 0 Å². The van der Waals surface area contributed by atoms with Gasteiger partial charge in [-0.15, -0.1) is 0 Å². The second-order valence-corrected chi connectivity index (χ2v) is 8.04. The van der Waals surface area contributed by atoms with E-state index in [4.69, 9.17) is 4.42 Å². The van der Waals surface area contributed by atoms with Crippen molar-refractivity contribution in [3.05, 3.63) is 103 Å². The molecule has 0 unspecified atom stereocenters. The predicted octanol–water partition coefficient (Wildman–Crippen LogP) is 8.11. The van der Waals surface area contributed by atoms with Crippen molar-refractivity contribution in [1.29, 1.82) is 0 Å². The van der Waals surface area contributed by atoms with Crippen molar-refractivity contribution in [2.45, 2.75) is 0 Å². The van der Waals surface area contributed by atoms with Crippen LogP contribution in [0, 0.1) is 0 Å². The number of hydrogen-bond donors (Lipinski definition) is 0. The first-order chi connectivity index (χ1) is 15.4. The van der Waals surface area contributed by atoms with Gasteiger partial charge in [0.25, 0.3) is 0 Å². The van der Waals surface area contributed by atoms with Gasteiger partial charge in [0.1, 0.15) is 11.2 Å². The Morgan fingerprint density at radius 2 is 1.06 bits per heavy atom. The number of para-hydroxylation sites is 1. The van der Waals surface area contributed by atoms with Crippen LogP contribution in [0.4, 0.5) is 0 Å². The van der Waals surface area contributed by atoms with Crippen LogP contribution in [0.3, 0.4) is 0 Å². The minimum Gasteiger partial charge on any atom is -0.456 e. The van der Waals surface area contributed by atoms with Crippen LogP contribution in [0.15, 0.2) is 108 Å². The summed E-state index contributed by atoms with van der Waals surface area (Å²) in [4.78, 5) is 4.43. The van der Waals surface area contributed by atoms with Gasteiger partial charge in [-0.1, -0.05) is 60.7 Å². The highest BCUT2D eigenvalue weighted by molar-refractivity contribution is 6.25. The molecule has 0 spiro atoms. The number of rotatable bonds is 1. The van der Waals surface area contributed by atoms with Gasteiger partial charge < -0.3 is 4.42 Å². The molecule has 0 N–H and O–H groups in total. The minimum absolute atomic E-state index is 0.923. The molecule has 31 heavy (non-hydrogen) atoms. The highest BCUT2D eigenvalue weighted by Crippen LogP contribution is 2.38. The summed E-state index contributed by atoms with van der Waals surface area (Å²) >= 11 is 0. The van der Waals surface area contributed by atoms with Crippen molar-refractivity contribution in [2.75, 3.05) is 0 Å². The standard InChI is InChI=1S/C29H17NO/c1-2-6-21-20(5-1)22-11-9-18(15-25(22)27-17-30-14-13-23(21)27)19-10-12-29-26(16-19)24-7-3-4-8-28(24)31-29/h1-17H. The SMILES string of the molecule is c1ccc2c(c1)oc1ccc(-c3ccc4c5ccccc5c5ccncc5c4c3)cc12. The fourth-order valence-corrected chi connectivity index (χ4v) is 4.88. The zero-order chi connectivity index (χ0) is 20.4. The zero-order valence-corrected chi connectivity index (χ0v) is 16.7. The first-order valence-electron chi connectivity index (χ1n) is 10.5. The second-order valence-electron chi connectivity index (χ2n) is 8.04. The maximum absolute atomic E-state index is 6.01. The number of aromatic nitrogens is 1. The largest absolute Gasteiger partial charge is 0.456 e. The smallest absolute Gasteiger partial charge is 0.135 e. The summed E-state index contributed by atoms with van der Waals surface area (Å²) in [5, 5.41) is 9.77. The molecule has 5 aromatic carbocycles. The summed E-state index contributed by atoms with van der Waals surface area (Å²) in [6.45, 7) is 0. The van der Waals surface area contributed by atoms with Gasteiger partial charge in [-0.2, -0.15) is 0 Å². The Hall–Kier alpha value is -4.17. The molecule has 2 heteroatoms. The molecule has 7 aromatic rings. The van der Waals surface area contributed by atoms with Crippen molar-refractivity contribution >= 4 is 54.3 Å². The Morgan fingerprint density at radius 3 is 1.90 bits per heavy atom. The number of benzene rings is 5. The molecular weight excluding hydrogens is 378 g/mol. The molecule has 0 radical (unpaired) electrons. The molecule has 0 aliphatic heterocycles. The Balaban J connectivity index is 1.54. The third kappa shape index (κ3) is 2.36. The van der Waals surface area contributed by atoms with Crippen molar-refractivity contribution in [2.24, 2.45) is 0 Å². The molecule has 0 bridgehead atoms. The van der Waals surface area contributed by atoms with Crippen LogP contribution in [0.2, 0.25) is 0 Å². The number of nitrogens with zero attached hydrogens (tertiary/aromatic N) is 1. The van der Waals surface area contributed by atoms with Gasteiger partial charge in [0.15, 0.2) is 0 Å². The Kier molecular flexibility index (Phi) is 3.30. The number of furan rings is 1. The van der Waals surface area contributed by atoms with Gasteiger partial charge in [0.05, 0.1) is 0 Å². The number of fused-ring (bicyclic) bond motifs is 9. The zero-order valence-electron chi connectivity index (χ0n) is 16.7. The Bertz CT molecular complexity index is 1760. The van der Waals surface area contributed by atoms with Gasteiger partial charge in [0, 0.05) is 28.6 Å². The van der Waals surface area contributed by atoms with Crippen LogP contribution >= 0.6 is 0 Å². The van der Waals surface area contributed by atoms with E-state index in [2.05, 4.69) is 83.8 Å². The second kappa shape index (κ2) is 6.16. The van der Waals surface area contributed by atoms with Crippen LogP contribution in [-0.4, -0.2) is 4.98 Å². The maximum Gasteiger partial charge on any atom is 0.135 e. The number of pyridine rings is 1. The van der Waals surface area contributed by atoms with Crippen molar-refractivity contribution in [1.82, 2.24) is 4.98 Å². The van der Waals surface area contributed by atoms with Crippen LogP contribution in [-0.2, 0) is 0 Å². The highest BCUT2D eigenvalue weighted by atomic mass is 16.3. The molecule has 0 aliphatic rings. The van der Waals surface area contributed by atoms with E-state index in [1.807, 2.05) is 24.5 Å². The van der Waals surface area contributed by atoms with Crippen LogP contribution in [0.5, 0.6) is 0 Å². The van der Waals surface area contributed by atoms with Crippen LogP contribution in [0.1, 0.15) is 0 Å². The third-order valence-electron chi connectivity index (χ3n) is 6.35. The summed E-state index contributed by atoms with van der Waals surface area (Å²) in [5.74, 6) is 0. The Morgan fingerprint density at radius 1 is 0.452 bits per heavy atom. The van der Waals surface area contributed by atoms with E-state index in [-0.39, 0.29) is 0 Å². The van der Waals surface area contributed by atoms with Crippen molar-refractivity contribution < 1.29 is 4.42 Å². The Labute approximate surface area is 178 Å². The molecule has 0 saturated carbocycles. The van der Waals surface area contributed by atoms with Gasteiger partial charge in [0.2, 0.25) is 0 Å². The summed E-state index contributed by atoms with van der Waals surface area (Å²) in [6, 6.07) is 32.2. The molecular formula is C29H17NO. The molecule has 2 nitrogen and oxygen atoms in total. The lowest BCUT2D eigenvalue weighted by Gasteiger charge is -2.11. The van der Waals surface area contributed by atoms with Crippen LogP contribution in [0.25, 0.3) is 65.4 Å². The highest BCUT2D eigenvalue weighted by Gasteiger charge is 2.11. The monoisotopic (exact) mass is 395 g/mol. The van der Waals surface area contributed by atoms with Crippen LogP contribution < -0.4 is 0 Å². The molecule has 7 rings (SSSR count). The predicted molar refractivity (Wildman–Crippen MR) is 129 cm³/mol. The fraction of sp³-hybridized carbons (Fsp3) is 0. The molecule has 0 fully saturated rings. The summed E-state index contributed by atoms with van der Waals surface area (Å²) < 4.78 is 6.01. The average Bonchev–Trinajstić information content (AvgIpc) is 3.22. The molecule has 2 heterocycles. The van der Waals surface area contributed by atoms with Crippen molar-refractivity contribution in [3.63, 3.8) is 0 Å². The molecule has 0 saturated heterocycles. The van der Waals surface area contributed by atoms with E-state index in [1.54, 1.807) is 0 Å². The summed E-state index contributed by atoms with van der Waals surface area (Å²) in [7, 11) is 0. The normalized spacial score (nSPS) is 11.9. The van der Waals surface area contributed by atoms with E-state index in [9.17, 15) is 0 Å². The van der Waals surface area contributed by atoms with Crippen molar-refractivity contribution in [3.8, 4) is 11.1 Å².